The van der Waals surface area contributed by atoms with Crippen molar-refractivity contribution in [3.63, 3.8) is 0 Å². The number of rotatable bonds is 5. The van der Waals surface area contributed by atoms with E-state index in [1.54, 1.807) is 0 Å². The van der Waals surface area contributed by atoms with Gasteiger partial charge in [-0.05, 0) is 49.8 Å². The van der Waals surface area contributed by atoms with Crippen molar-refractivity contribution in [1.82, 2.24) is 14.9 Å². The van der Waals surface area contributed by atoms with Crippen LogP contribution in [0.25, 0.3) is 11.0 Å². The van der Waals surface area contributed by atoms with Gasteiger partial charge in [0, 0.05) is 25.4 Å². The molecule has 0 unspecified atom stereocenters. The number of fused-ring (bicyclic) bond motifs is 1. The third kappa shape index (κ3) is 2.51. The van der Waals surface area contributed by atoms with Crippen molar-refractivity contribution in [3.8, 4) is 0 Å². The van der Waals surface area contributed by atoms with Crippen molar-refractivity contribution >= 4 is 16.9 Å². The second kappa shape index (κ2) is 5.41. The highest BCUT2D eigenvalue weighted by Crippen LogP contribution is 2.40. The highest BCUT2D eigenvalue weighted by Gasteiger charge is 2.28. The zero-order valence-electron chi connectivity index (χ0n) is 13.1. The molecule has 4 nitrogen and oxygen atoms in total. The van der Waals surface area contributed by atoms with Crippen molar-refractivity contribution in [1.29, 1.82) is 0 Å². The lowest BCUT2D eigenvalue weighted by atomic mass is 9.85. The summed E-state index contributed by atoms with van der Waals surface area (Å²) >= 11 is 0. The van der Waals surface area contributed by atoms with Crippen molar-refractivity contribution in [2.24, 2.45) is 13.0 Å². The third-order valence-corrected chi connectivity index (χ3v) is 5.11. The van der Waals surface area contributed by atoms with Crippen LogP contribution in [0.1, 0.15) is 49.4 Å². The van der Waals surface area contributed by atoms with Gasteiger partial charge < -0.3 is 9.88 Å². The molecule has 1 aromatic heterocycles. The predicted octanol–water partition coefficient (Wildman–Crippen LogP) is 2.91. The molecule has 2 aliphatic carbocycles. The maximum Gasteiger partial charge on any atom is 0.223 e. The molecule has 1 N–H and O–H groups in total. The number of aryl methyl sites for hydroxylation is 1. The average Bonchev–Trinajstić information content (AvgIpc) is 3.22. The maximum atomic E-state index is 11.8. The van der Waals surface area contributed by atoms with Crippen LogP contribution in [0.2, 0.25) is 0 Å². The predicted molar refractivity (Wildman–Crippen MR) is 86.7 cm³/mol. The number of aromatic nitrogens is 2. The number of nitrogens with zero attached hydrogens (tertiary/aromatic N) is 2. The molecule has 0 atom stereocenters. The summed E-state index contributed by atoms with van der Waals surface area (Å²) in [5.74, 6) is 2.41. The van der Waals surface area contributed by atoms with E-state index in [0.717, 1.165) is 31.3 Å². The van der Waals surface area contributed by atoms with Crippen LogP contribution >= 0.6 is 0 Å². The van der Waals surface area contributed by atoms with Crippen molar-refractivity contribution in [2.75, 3.05) is 6.54 Å². The topological polar surface area (TPSA) is 46.9 Å². The minimum absolute atomic E-state index is 0.237. The smallest absolute Gasteiger partial charge is 0.223 e. The van der Waals surface area contributed by atoms with Crippen molar-refractivity contribution in [2.45, 2.75) is 44.4 Å². The summed E-state index contributed by atoms with van der Waals surface area (Å²) in [7, 11) is 2.11. The van der Waals surface area contributed by atoms with Crippen LogP contribution in [0.3, 0.4) is 0 Å². The lowest BCUT2D eigenvalue weighted by Crippen LogP contribution is -2.35. The van der Waals surface area contributed by atoms with Gasteiger partial charge in [-0.2, -0.15) is 0 Å². The molecular weight excluding hydrogens is 274 g/mol. The Morgan fingerprint density at radius 3 is 2.82 bits per heavy atom. The first kappa shape index (κ1) is 13.8. The molecular formula is C18H23N3O. The zero-order chi connectivity index (χ0) is 15.1. The number of hydrogen-bond acceptors (Lipinski definition) is 2. The van der Waals surface area contributed by atoms with Crippen LogP contribution in [0.4, 0.5) is 0 Å². The molecule has 0 saturated heterocycles. The van der Waals surface area contributed by atoms with E-state index in [1.807, 2.05) is 0 Å². The van der Waals surface area contributed by atoms with Gasteiger partial charge in [0.1, 0.15) is 5.82 Å². The van der Waals surface area contributed by atoms with E-state index < -0.39 is 0 Å². The quantitative estimate of drug-likeness (QED) is 0.922. The van der Waals surface area contributed by atoms with Crippen molar-refractivity contribution < 1.29 is 4.79 Å². The van der Waals surface area contributed by atoms with Gasteiger partial charge in [0.2, 0.25) is 5.91 Å². The SMILES string of the molecule is Cn1c(C2CC2)nc2cc(CCNC(=O)C3CCC3)ccc21. The lowest BCUT2D eigenvalue weighted by molar-refractivity contribution is -0.127. The Morgan fingerprint density at radius 2 is 2.14 bits per heavy atom. The first-order valence-electron chi connectivity index (χ1n) is 8.45. The monoisotopic (exact) mass is 297 g/mol. The van der Waals surface area contributed by atoms with Crippen LogP contribution in [-0.4, -0.2) is 22.0 Å². The number of hydrogen-bond donors (Lipinski definition) is 1. The molecule has 4 heteroatoms. The zero-order valence-corrected chi connectivity index (χ0v) is 13.1. The molecule has 2 aromatic rings. The summed E-state index contributed by atoms with van der Waals surface area (Å²) < 4.78 is 2.23. The molecule has 0 spiro atoms. The minimum atomic E-state index is 0.237. The molecule has 4 rings (SSSR count). The van der Waals surface area contributed by atoms with Gasteiger partial charge in [-0.3, -0.25) is 4.79 Å². The van der Waals surface area contributed by atoms with Gasteiger partial charge >= 0.3 is 0 Å². The van der Waals surface area contributed by atoms with Gasteiger partial charge in [-0.25, -0.2) is 4.98 Å². The first-order chi connectivity index (χ1) is 10.7. The van der Waals surface area contributed by atoms with Crippen LogP contribution in [-0.2, 0) is 18.3 Å². The summed E-state index contributed by atoms with van der Waals surface area (Å²) in [6.07, 6.45) is 6.77. The molecule has 1 heterocycles. The number of imidazole rings is 1. The van der Waals surface area contributed by atoms with Gasteiger partial charge in [0.25, 0.3) is 0 Å². The van der Waals surface area contributed by atoms with Crippen LogP contribution < -0.4 is 5.32 Å². The number of carbonyl (C=O) groups is 1. The standard InChI is InChI=1S/C18H23N3O/c1-21-16-8-5-12(9-10-19-18(22)14-3-2-4-14)11-15(16)20-17(21)13-6-7-13/h5,8,11,13-14H,2-4,6-7,9-10H2,1H3,(H,19,22). The fraction of sp³-hybridized carbons (Fsp3) is 0.556. The van der Waals surface area contributed by atoms with Crippen LogP contribution in [0.5, 0.6) is 0 Å². The number of benzene rings is 1. The van der Waals surface area contributed by atoms with Crippen LogP contribution in [0.15, 0.2) is 18.2 Å². The summed E-state index contributed by atoms with van der Waals surface area (Å²) in [6.45, 7) is 0.725. The van der Waals surface area contributed by atoms with E-state index in [0.29, 0.717) is 5.92 Å². The largest absolute Gasteiger partial charge is 0.356 e. The van der Waals surface area contributed by atoms with E-state index in [9.17, 15) is 4.79 Å². The van der Waals surface area contributed by atoms with Gasteiger partial charge in [0.05, 0.1) is 11.0 Å². The molecule has 1 amide bonds. The fourth-order valence-corrected chi connectivity index (χ4v) is 3.27. The third-order valence-electron chi connectivity index (χ3n) is 5.11. The average molecular weight is 297 g/mol. The summed E-state index contributed by atoms with van der Waals surface area (Å²) in [5.41, 5.74) is 3.55. The molecule has 22 heavy (non-hydrogen) atoms. The lowest BCUT2D eigenvalue weighted by Gasteiger charge is -2.24. The Morgan fingerprint density at radius 1 is 1.32 bits per heavy atom. The molecule has 0 aliphatic heterocycles. The maximum absolute atomic E-state index is 11.8. The Bertz CT molecular complexity index is 710. The second-order valence-electron chi connectivity index (χ2n) is 6.80. The Labute approximate surface area is 130 Å². The molecule has 0 bridgehead atoms. The number of nitrogens with one attached hydrogen (secondary N) is 1. The van der Waals surface area contributed by atoms with E-state index in [2.05, 4.69) is 35.1 Å². The highest BCUT2D eigenvalue weighted by molar-refractivity contribution is 5.79. The fourth-order valence-electron chi connectivity index (χ4n) is 3.27. The molecule has 1 aromatic carbocycles. The number of amides is 1. The summed E-state index contributed by atoms with van der Waals surface area (Å²) in [6, 6.07) is 6.50. The highest BCUT2D eigenvalue weighted by atomic mass is 16.1. The molecule has 116 valence electrons. The second-order valence-corrected chi connectivity index (χ2v) is 6.80. The Hall–Kier alpha value is -1.84. The molecule has 2 aliphatic rings. The van der Waals surface area contributed by atoms with E-state index >= 15 is 0 Å². The van der Waals surface area contributed by atoms with E-state index in [-0.39, 0.29) is 11.8 Å². The van der Waals surface area contributed by atoms with Crippen LogP contribution in [0, 0.1) is 5.92 Å². The van der Waals surface area contributed by atoms with Gasteiger partial charge in [-0.15, -0.1) is 0 Å². The first-order valence-corrected chi connectivity index (χ1v) is 8.45. The normalized spacial score (nSPS) is 18.4. The van der Waals surface area contributed by atoms with E-state index in [1.165, 1.54) is 36.2 Å². The Balaban J connectivity index is 1.42. The van der Waals surface area contributed by atoms with E-state index in [4.69, 9.17) is 4.98 Å². The summed E-state index contributed by atoms with van der Waals surface area (Å²) in [5, 5.41) is 3.06. The van der Waals surface area contributed by atoms with Gasteiger partial charge in [-0.1, -0.05) is 12.5 Å². The minimum Gasteiger partial charge on any atom is -0.356 e. The molecule has 0 radical (unpaired) electrons. The Kier molecular flexibility index (Phi) is 3.40. The molecule has 2 fully saturated rings. The van der Waals surface area contributed by atoms with Crippen molar-refractivity contribution in [3.05, 3.63) is 29.6 Å². The molecule has 2 saturated carbocycles. The number of carbonyl (C=O) groups excluding carboxylic acids is 1. The van der Waals surface area contributed by atoms with Gasteiger partial charge in [0.15, 0.2) is 0 Å². The summed E-state index contributed by atoms with van der Waals surface area (Å²) in [4.78, 5) is 16.6.